The number of aromatic nitrogens is 3. The Morgan fingerprint density at radius 1 is 0.943 bits per heavy atom. The minimum absolute atomic E-state index is 0.157. The van der Waals surface area contributed by atoms with Crippen LogP contribution in [0.2, 0.25) is 0 Å². The van der Waals surface area contributed by atoms with Crippen LogP contribution in [0.25, 0.3) is 32.8 Å². The number of rotatable bonds is 6. The Balaban J connectivity index is 1.62. The number of hydrogen-bond acceptors (Lipinski definition) is 8. The summed E-state index contributed by atoms with van der Waals surface area (Å²) in [6, 6.07) is 23.2. The van der Waals surface area contributed by atoms with Gasteiger partial charge in [-0.3, -0.25) is 4.98 Å². The molecule has 0 fully saturated rings. The molecule has 0 unspecified atom stereocenters. The van der Waals surface area contributed by atoms with Gasteiger partial charge in [0.15, 0.2) is 0 Å². The van der Waals surface area contributed by atoms with E-state index in [0.717, 1.165) is 31.3 Å². The second-order valence-electron chi connectivity index (χ2n) is 7.54. The molecular weight excluding hydrogens is 474 g/mol. The molecule has 0 atom stereocenters. The minimum atomic E-state index is 0.157. The highest BCUT2D eigenvalue weighted by Crippen LogP contribution is 2.46. The number of nitrogens with zero attached hydrogens (tertiary/aromatic N) is 4. The van der Waals surface area contributed by atoms with Crippen LogP contribution in [-0.2, 0) is 0 Å². The van der Waals surface area contributed by atoms with Gasteiger partial charge >= 0.3 is 0 Å². The van der Waals surface area contributed by atoms with E-state index in [1.807, 2.05) is 48.7 Å². The van der Waals surface area contributed by atoms with Crippen LogP contribution in [0.4, 0.5) is 11.6 Å². The van der Waals surface area contributed by atoms with E-state index in [9.17, 15) is 10.4 Å². The molecule has 0 radical (unpaired) electrons. The Morgan fingerprint density at radius 3 is 2.51 bits per heavy atom. The molecule has 5 aromatic rings. The largest absolute Gasteiger partial charge is 0.508 e. The van der Waals surface area contributed by atoms with Crippen molar-refractivity contribution in [3.63, 3.8) is 0 Å². The van der Waals surface area contributed by atoms with Crippen LogP contribution in [-0.4, -0.2) is 26.3 Å². The van der Waals surface area contributed by atoms with Crippen LogP contribution < -0.4 is 5.32 Å². The Bertz CT molecular complexity index is 1540. The highest BCUT2D eigenvalue weighted by Gasteiger charge is 2.22. The summed E-state index contributed by atoms with van der Waals surface area (Å²) in [6.07, 6.45) is 7.20. The third-order valence-electron chi connectivity index (χ3n) is 5.33. The van der Waals surface area contributed by atoms with Crippen molar-refractivity contribution in [3.05, 3.63) is 90.9 Å². The third kappa shape index (κ3) is 4.73. The van der Waals surface area contributed by atoms with E-state index in [0.29, 0.717) is 22.9 Å². The number of phenolic OH excluding ortho intramolecular Hbond substituents is 1. The van der Waals surface area contributed by atoms with E-state index in [4.69, 9.17) is 4.98 Å². The SMILES string of the molecule is CSc1sc(-c2ccnc(Nc3cccc(O)c3)n2)c(-c2cccc(-c3ccncc3)c2)c1C#N. The Kier molecular flexibility index (Phi) is 6.44. The van der Waals surface area contributed by atoms with Crippen LogP contribution >= 0.6 is 23.1 Å². The number of nitrogens with one attached hydrogen (secondary N) is 1. The first-order valence-corrected chi connectivity index (χ1v) is 12.7. The first kappa shape index (κ1) is 22.6. The number of pyridine rings is 1. The molecule has 0 spiro atoms. The molecule has 0 aliphatic rings. The fourth-order valence-corrected chi connectivity index (χ4v) is 5.68. The van der Waals surface area contributed by atoms with Gasteiger partial charge in [0.05, 0.1) is 20.3 Å². The normalized spacial score (nSPS) is 10.6. The number of thioether (sulfide) groups is 1. The van der Waals surface area contributed by atoms with Gasteiger partial charge in [0.2, 0.25) is 5.95 Å². The Morgan fingerprint density at radius 2 is 1.74 bits per heavy atom. The number of phenols is 1. The van der Waals surface area contributed by atoms with Crippen molar-refractivity contribution in [3.8, 4) is 44.6 Å². The lowest BCUT2D eigenvalue weighted by Crippen LogP contribution is -1.97. The second kappa shape index (κ2) is 9.97. The van der Waals surface area contributed by atoms with Crippen molar-refractivity contribution in [1.29, 1.82) is 5.26 Å². The van der Waals surface area contributed by atoms with Crippen LogP contribution in [0.3, 0.4) is 0 Å². The summed E-state index contributed by atoms with van der Waals surface area (Å²) < 4.78 is 0.938. The van der Waals surface area contributed by atoms with E-state index < -0.39 is 0 Å². The summed E-state index contributed by atoms with van der Waals surface area (Å²) in [5.74, 6) is 0.561. The first-order valence-electron chi connectivity index (χ1n) is 10.7. The molecule has 0 saturated heterocycles. The van der Waals surface area contributed by atoms with E-state index in [1.165, 1.54) is 0 Å². The number of anilines is 2. The molecule has 0 bridgehead atoms. The maximum atomic E-state index is 10.1. The van der Waals surface area contributed by atoms with Gasteiger partial charge < -0.3 is 10.4 Å². The van der Waals surface area contributed by atoms with Gasteiger partial charge in [0, 0.05) is 35.9 Å². The van der Waals surface area contributed by atoms with Crippen LogP contribution in [0, 0.1) is 11.3 Å². The maximum absolute atomic E-state index is 10.1. The highest BCUT2D eigenvalue weighted by molar-refractivity contribution is 8.00. The maximum Gasteiger partial charge on any atom is 0.227 e. The summed E-state index contributed by atoms with van der Waals surface area (Å²) in [6.45, 7) is 0. The summed E-state index contributed by atoms with van der Waals surface area (Å²) in [5.41, 5.74) is 5.95. The Hall–Kier alpha value is -4.19. The lowest BCUT2D eigenvalue weighted by molar-refractivity contribution is 0.475. The molecule has 0 aliphatic carbocycles. The van der Waals surface area contributed by atoms with Gasteiger partial charge in [-0.15, -0.1) is 23.1 Å². The zero-order chi connectivity index (χ0) is 24.2. The number of aromatic hydroxyl groups is 1. The predicted octanol–water partition coefficient (Wildman–Crippen LogP) is 6.98. The molecule has 3 heterocycles. The molecule has 2 aromatic carbocycles. The van der Waals surface area contributed by atoms with Gasteiger partial charge in [-0.05, 0) is 59.3 Å². The monoisotopic (exact) mass is 493 g/mol. The van der Waals surface area contributed by atoms with Crippen molar-refractivity contribution in [1.82, 2.24) is 15.0 Å². The van der Waals surface area contributed by atoms with Crippen molar-refractivity contribution in [2.45, 2.75) is 4.21 Å². The van der Waals surface area contributed by atoms with E-state index in [1.54, 1.807) is 59.9 Å². The van der Waals surface area contributed by atoms with E-state index in [2.05, 4.69) is 27.4 Å². The van der Waals surface area contributed by atoms with Gasteiger partial charge in [-0.1, -0.05) is 24.3 Å². The molecule has 0 amide bonds. The lowest BCUT2D eigenvalue weighted by Gasteiger charge is -2.09. The average molecular weight is 494 g/mol. The van der Waals surface area contributed by atoms with Crippen molar-refractivity contribution in [2.24, 2.45) is 0 Å². The number of thiophene rings is 1. The fourth-order valence-electron chi connectivity index (χ4n) is 3.77. The first-order chi connectivity index (χ1) is 17.2. The van der Waals surface area contributed by atoms with Gasteiger partial charge in [0.1, 0.15) is 11.8 Å². The molecular formula is C27H19N5OS2. The standard InChI is InChI=1S/C27H19N5OS2/c1-34-26-22(16-28)24(19-5-2-4-18(14-19)17-8-11-29-12-9-17)25(35-26)23-10-13-30-27(32-23)31-20-6-3-7-21(33)15-20/h2-15,33H,1H3,(H,30,31,32). The lowest BCUT2D eigenvalue weighted by atomic mass is 9.97. The molecule has 3 aromatic heterocycles. The zero-order valence-corrected chi connectivity index (χ0v) is 20.3. The average Bonchev–Trinajstić information content (AvgIpc) is 3.28. The number of hydrogen-bond donors (Lipinski definition) is 2. The molecule has 2 N–H and O–H groups in total. The number of nitriles is 1. The predicted molar refractivity (Wildman–Crippen MR) is 142 cm³/mol. The summed E-state index contributed by atoms with van der Waals surface area (Å²) in [5, 5.41) is 23.0. The van der Waals surface area contributed by atoms with Crippen LogP contribution in [0.1, 0.15) is 5.56 Å². The smallest absolute Gasteiger partial charge is 0.227 e. The number of benzene rings is 2. The van der Waals surface area contributed by atoms with Gasteiger partial charge in [0.25, 0.3) is 0 Å². The minimum Gasteiger partial charge on any atom is -0.508 e. The zero-order valence-electron chi connectivity index (χ0n) is 18.6. The van der Waals surface area contributed by atoms with Crippen LogP contribution in [0.5, 0.6) is 5.75 Å². The molecule has 0 saturated carbocycles. The van der Waals surface area contributed by atoms with Crippen molar-refractivity contribution in [2.75, 3.05) is 11.6 Å². The molecule has 170 valence electrons. The summed E-state index contributed by atoms with van der Waals surface area (Å²) in [7, 11) is 0. The third-order valence-corrected chi connectivity index (χ3v) is 7.66. The topological polar surface area (TPSA) is 94.7 Å². The van der Waals surface area contributed by atoms with Crippen molar-refractivity contribution < 1.29 is 5.11 Å². The quantitative estimate of drug-likeness (QED) is 0.246. The summed E-state index contributed by atoms with van der Waals surface area (Å²) in [4.78, 5) is 14.1. The van der Waals surface area contributed by atoms with Gasteiger partial charge in [-0.2, -0.15) is 5.26 Å². The fraction of sp³-hybridized carbons (Fsp3) is 0.0370. The molecule has 8 heteroatoms. The Labute approximate surface area is 211 Å². The molecule has 35 heavy (non-hydrogen) atoms. The van der Waals surface area contributed by atoms with E-state index >= 15 is 0 Å². The van der Waals surface area contributed by atoms with Crippen molar-refractivity contribution >= 4 is 34.7 Å². The summed E-state index contributed by atoms with van der Waals surface area (Å²) >= 11 is 3.10. The van der Waals surface area contributed by atoms with E-state index in [-0.39, 0.29) is 5.75 Å². The molecule has 0 aliphatic heterocycles. The van der Waals surface area contributed by atoms with Gasteiger partial charge in [-0.25, -0.2) is 9.97 Å². The highest BCUT2D eigenvalue weighted by atomic mass is 32.2. The molecule has 6 nitrogen and oxygen atoms in total. The second-order valence-corrected chi connectivity index (χ2v) is 9.64. The van der Waals surface area contributed by atoms with Crippen LogP contribution in [0.15, 0.2) is 89.5 Å². The molecule has 5 rings (SSSR count).